The lowest BCUT2D eigenvalue weighted by atomic mass is 9.81. The third-order valence-electron chi connectivity index (χ3n) is 5.39. The quantitative estimate of drug-likeness (QED) is 0.743. The van der Waals surface area contributed by atoms with Crippen LogP contribution in [0.1, 0.15) is 24.8 Å². The van der Waals surface area contributed by atoms with Crippen molar-refractivity contribution in [3.63, 3.8) is 0 Å². The molecule has 3 heteroatoms. The van der Waals surface area contributed by atoms with Gasteiger partial charge in [0.2, 0.25) is 0 Å². The highest BCUT2D eigenvalue weighted by molar-refractivity contribution is 5.89. The maximum Gasteiger partial charge on any atom is 0.126 e. The zero-order valence-electron chi connectivity index (χ0n) is 12.2. The lowest BCUT2D eigenvalue weighted by Crippen LogP contribution is -3.18. The number of aromatic hydroxyl groups is 1. The molecule has 2 N–H and O–H groups in total. The van der Waals surface area contributed by atoms with Crippen LogP contribution in [-0.2, 0) is 6.42 Å². The number of nitrogens with one attached hydrogen (secondary N) is 1. The van der Waals surface area contributed by atoms with Gasteiger partial charge < -0.3 is 22.4 Å². The molecule has 0 spiro atoms. The van der Waals surface area contributed by atoms with E-state index in [-0.39, 0.29) is 12.4 Å². The van der Waals surface area contributed by atoms with Gasteiger partial charge in [-0.05, 0) is 24.1 Å². The Hall–Kier alpha value is -1.25. The predicted octanol–water partition coefficient (Wildman–Crippen LogP) is -0.841. The third kappa shape index (κ3) is 2.63. The molecule has 21 heavy (non-hydrogen) atoms. The van der Waals surface area contributed by atoms with Crippen LogP contribution in [0.4, 0.5) is 0 Å². The van der Waals surface area contributed by atoms with Crippen LogP contribution in [0, 0.1) is 5.92 Å². The van der Waals surface area contributed by atoms with E-state index in [1.807, 2.05) is 18.2 Å². The Bertz CT molecular complexity index is 634. The summed E-state index contributed by atoms with van der Waals surface area (Å²) in [7, 11) is 0. The molecule has 2 aromatic rings. The summed E-state index contributed by atoms with van der Waals surface area (Å²) in [5.74, 6) is 1.45. The molecule has 0 aromatic heterocycles. The van der Waals surface area contributed by atoms with Gasteiger partial charge in [0.25, 0.3) is 0 Å². The minimum Gasteiger partial charge on any atom is -1.00 e. The van der Waals surface area contributed by atoms with Crippen LogP contribution in [0.5, 0.6) is 5.75 Å². The fourth-order valence-corrected chi connectivity index (χ4v) is 4.22. The molecule has 0 aliphatic carbocycles. The van der Waals surface area contributed by atoms with Crippen molar-refractivity contribution in [1.82, 2.24) is 0 Å². The molecule has 3 aliphatic heterocycles. The summed E-state index contributed by atoms with van der Waals surface area (Å²) in [5, 5.41) is 12.7. The first kappa shape index (κ1) is 14.7. The van der Waals surface area contributed by atoms with Gasteiger partial charge >= 0.3 is 0 Å². The van der Waals surface area contributed by atoms with Crippen molar-refractivity contribution in [1.29, 1.82) is 0 Å². The highest BCUT2D eigenvalue weighted by Gasteiger charge is 2.37. The molecule has 3 saturated heterocycles. The summed E-state index contributed by atoms with van der Waals surface area (Å²) in [6, 6.07) is 13.1. The van der Waals surface area contributed by atoms with Gasteiger partial charge in [-0.25, -0.2) is 0 Å². The second-order valence-corrected chi connectivity index (χ2v) is 6.53. The summed E-state index contributed by atoms with van der Waals surface area (Å²) in [5.41, 5.74) is 1.13. The van der Waals surface area contributed by atoms with Crippen molar-refractivity contribution in [2.24, 2.45) is 5.92 Å². The first-order valence-electron chi connectivity index (χ1n) is 7.85. The number of benzene rings is 2. The van der Waals surface area contributed by atoms with Gasteiger partial charge in [-0.1, -0.05) is 36.4 Å². The van der Waals surface area contributed by atoms with E-state index < -0.39 is 0 Å². The maximum atomic E-state index is 10.5. The summed E-state index contributed by atoms with van der Waals surface area (Å²) in [6.45, 7) is 2.67. The number of rotatable bonds is 2. The smallest absolute Gasteiger partial charge is 0.126 e. The van der Waals surface area contributed by atoms with Gasteiger partial charge in [-0.2, -0.15) is 0 Å². The number of piperidine rings is 3. The van der Waals surface area contributed by atoms with E-state index >= 15 is 0 Å². The Balaban J connectivity index is 0.00000132. The van der Waals surface area contributed by atoms with Crippen LogP contribution < -0.4 is 17.3 Å². The van der Waals surface area contributed by atoms with E-state index in [9.17, 15) is 5.11 Å². The molecular weight excluding hydrogens is 282 g/mol. The molecule has 0 amide bonds. The number of hydrogen-bond donors (Lipinski definition) is 2. The fraction of sp³-hybridized carbons (Fsp3) is 0.444. The molecule has 1 unspecified atom stereocenters. The molecule has 3 fully saturated rings. The predicted molar refractivity (Wildman–Crippen MR) is 81.1 cm³/mol. The summed E-state index contributed by atoms with van der Waals surface area (Å²) < 4.78 is 0. The Labute approximate surface area is 132 Å². The number of halogens is 1. The first-order chi connectivity index (χ1) is 9.81. The Morgan fingerprint density at radius 2 is 1.81 bits per heavy atom. The first-order valence-corrected chi connectivity index (χ1v) is 7.85. The average Bonchev–Trinajstić information content (AvgIpc) is 2.52. The van der Waals surface area contributed by atoms with Crippen molar-refractivity contribution >= 4 is 10.8 Å². The van der Waals surface area contributed by atoms with Gasteiger partial charge in [0, 0.05) is 23.8 Å². The van der Waals surface area contributed by atoms with Crippen LogP contribution in [0.3, 0.4) is 0 Å². The Morgan fingerprint density at radius 1 is 1.05 bits per heavy atom. The molecular formula is C18H22ClNO. The molecule has 2 aromatic carbocycles. The van der Waals surface area contributed by atoms with Crippen molar-refractivity contribution in [3.05, 3.63) is 42.0 Å². The van der Waals surface area contributed by atoms with Crippen LogP contribution in [-0.4, -0.2) is 24.2 Å². The number of phenolic OH excluding ortho intramolecular Hbond substituents is 1. The molecule has 3 aliphatic rings. The van der Waals surface area contributed by atoms with E-state index in [0.29, 0.717) is 5.75 Å². The molecule has 0 radical (unpaired) electrons. The normalized spacial score (nSPS) is 27.5. The highest BCUT2D eigenvalue weighted by atomic mass is 35.5. The number of fused-ring (bicyclic) bond motifs is 4. The zero-order chi connectivity index (χ0) is 13.5. The Kier molecular flexibility index (Phi) is 4.10. The number of hydrogen-bond acceptors (Lipinski definition) is 1. The molecule has 3 heterocycles. The van der Waals surface area contributed by atoms with Crippen LogP contribution in [0.25, 0.3) is 10.8 Å². The van der Waals surface area contributed by atoms with Gasteiger partial charge in [-0.3, -0.25) is 0 Å². The second kappa shape index (κ2) is 5.86. The molecule has 1 atom stereocenters. The molecule has 112 valence electrons. The molecule has 0 saturated carbocycles. The SMILES string of the molecule is Oc1c(CC2CC3CC[NH+]2CC3)ccc2ccccc12.[Cl-]. The molecule has 2 nitrogen and oxygen atoms in total. The number of quaternary nitrogens is 1. The van der Waals surface area contributed by atoms with Gasteiger partial charge in [0.05, 0.1) is 19.1 Å². The largest absolute Gasteiger partial charge is 1.00 e. The van der Waals surface area contributed by atoms with Crippen molar-refractivity contribution in [2.45, 2.75) is 31.7 Å². The summed E-state index contributed by atoms with van der Waals surface area (Å²) in [6.07, 6.45) is 5.20. The lowest BCUT2D eigenvalue weighted by Gasteiger charge is -2.42. The van der Waals surface area contributed by atoms with E-state index in [0.717, 1.165) is 34.7 Å². The van der Waals surface area contributed by atoms with Gasteiger partial charge in [-0.15, -0.1) is 0 Å². The zero-order valence-corrected chi connectivity index (χ0v) is 12.9. The Morgan fingerprint density at radius 3 is 2.52 bits per heavy atom. The summed E-state index contributed by atoms with van der Waals surface area (Å²) in [4.78, 5) is 1.76. The molecule has 2 bridgehead atoms. The highest BCUT2D eigenvalue weighted by Crippen LogP contribution is 2.31. The maximum absolute atomic E-state index is 10.5. The van der Waals surface area contributed by atoms with E-state index in [1.54, 1.807) is 4.90 Å². The van der Waals surface area contributed by atoms with Crippen LogP contribution >= 0.6 is 0 Å². The third-order valence-corrected chi connectivity index (χ3v) is 5.39. The minimum absolute atomic E-state index is 0. The monoisotopic (exact) mass is 303 g/mol. The minimum atomic E-state index is 0. The van der Waals surface area contributed by atoms with Gasteiger partial charge in [0.1, 0.15) is 5.75 Å². The van der Waals surface area contributed by atoms with Crippen molar-refractivity contribution in [3.8, 4) is 5.75 Å². The molecule has 5 rings (SSSR count). The van der Waals surface area contributed by atoms with Crippen LogP contribution in [0.15, 0.2) is 36.4 Å². The average molecular weight is 304 g/mol. The van der Waals surface area contributed by atoms with E-state index in [2.05, 4.69) is 18.2 Å². The van der Waals surface area contributed by atoms with Crippen LogP contribution in [0.2, 0.25) is 0 Å². The van der Waals surface area contributed by atoms with E-state index in [4.69, 9.17) is 0 Å². The fourth-order valence-electron chi connectivity index (χ4n) is 4.22. The van der Waals surface area contributed by atoms with E-state index in [1.165, 1.54) is 32.4 Å². The second-order valence-electron chi connectivity index (χ2n) is 6.53. The van der Waals surface area contributed by atoms with Crippen molar-refractivity contribution < 1.29 is 22.4 Å². The van der Waals surface area contributed by atoms with Gasteiger partial charge in [0.15, 0.2) is 0 Å². The number of phenols is 1. The summed E-state index contributed by atoms with van der Waals surface area (Å²) >= 11 is 0. The van der Waals surface area contributed by atoms with Crippen molar-refractivity contribution in [2.75, 3.05) is 13.1 Å². The standard InChI is InChI=1S/C18H21NO.ClH/c20-18-15(6-5-14-3-1-2-4-17(14)18)12-16-11-13-7-9-19(16)10-8-13;/h1-6,13,16,20H,7-12H2;1H. The lowest BCUT2D eigenvalue weighted by molar-refractivity contribution is -0.941. The topological polar surface area (TPSA) is 24.7 Å².